The van der Waals surface area contributed by atoms with Crippen molar-refractivity contribution in [3.05, 3.63) is 65.1 Å². The van der Waals surface area contributed by atoms with Gasteiger partial charge in [-0.2, -0.15) is 0 Å². The molecule has 0 spiro atoms. The number of hydrogen-bond acceptors (Lipinski definition) is 3. The van der Waals surface area contributed by atoms with Crippen LogP contribution in [0.1, 0.15) is 10.4 Å². The number of rotatable bonds is 3. The highest BCUT2D eigenvalue weighted by Gasteiger charge is 2.16. The highest BCUT2D eigenvalue weighted by Crippen LogP contribution is 2.26. The summed E-state index contributed by atoms with van der Waals surface area (Å²) in [6.45, 7) is 0. The summed E-state index contributed by atoms with van der Waals surface area (Å²) in [5, 5.41) is 13.9. The Bertz CT molecular complexity index is 739. The van der Waals surface area contributed by atoms with Gasteiger partial charge in [-0.25, -0.2) is 0 Å². The molecule has 2 rings (SSSR count). The van der Waals surface area contributed by atoms with Crippen LogP contribution in [0.5, 0.6) is 0 Å². The number of nitro benzene ring substituents is 1. The van der Waals surface area contributed by atoms with Gasteiger partial charge in [-0.3, -0.25) is 14.9 Å². The second-order valence-corrected chi connectivity index (χ2v) is 6.43. The Kier molecular flexibility index (Phi) is 5.17. The number of carbonyl (C=O) groups excluding carboxylic acids is 1. The van der Waals surface area contributed by atoms with E-state index in [9.17, 15) is 14.9 Å². The normalized spacial score (nSPS) is 10.2. The molecule has 0 saturated heterocycles. The third kappa shape index (κ3) is 3.92. The molecule has 108 valence electrons. The Morgan fingerprint density at radius 2 is 2.00 bits per heavy atom. The summed E-state index contributed by atoms with van der Waals surface area (Å²) in [4.78, 5) is 22.5. The smallest absolute Gasteiger partial charge is 0.270 e. The molecule has 0 heterocycles. The van der Waals surface area contributed by atoms with Crippen LogP contribution >= 0.6 is 50.1 Å². The number of carbonyl (C=O) groups is 1. The summed E-state index contributed by atoms with van der Waals surface area (Å²) in [6.07, 6.45) is 0. The van der Waals surface area contributed by atoms with Crippen LogP contribution in [0.2, 0.25) is 5.02 Å². The fourth-order valence-corrected chi connectivity index (χ4v) is 2.58. The summed E-state index contributed by atoms with van der Waals surface area (Å²) in [6, 6.07) is 9.11. The maximum atomic E-state index is 12.2. The fourth-order valence-electron chi connectivity index (χ4n) is 1.57. The molecule has 0 aromatic heterocycles. The summed E-state index contributed by atoms with van der Waals surface area (Å²) in [5.41, 5.74) is 0.619. The first-order chi connectivity index (χ1) is 9.88. The van der Waals surface area contributed by atoms with E-state index in [0.29, 0.717) is 18.8 Å². The lowest BCUT2D eigenvalue weighted by atomic mass is 10.2. The van der Waals surface area contributed by atoms with E-state index in [0.717, 1.165) is 0 Å². The minimum atomic E-state index is -0.538. The van der Waals surface area contributed by atoms with Crippen LogP contribution in [0.15, 0.2) is 40.9 Å². The monoisotopic (exact) mass is 480 g/mol. The van der Waals surface area contributed by atoms with Crippen molar-refractivity contribution in [3.8, 4) is 0 Å². The lowest BCUT2D eigenvalue weighted by Crippen LogP contribution is -2.13. The van der Waals surface area contributed by atoms with Crippen LogP contribution < -0.4 is 5.32 Å². The summed E-state index contributed by atoms with van der Waals surface area (Å²) in [7, 11) is 0. The predicted molar refractivity (Wildman–Crippen MR) is 92.9 cm³/mol. The van der Waals surface area contributed by atoms with Crippen LogP contribution in [0.25, 0.3) is 0 Å². The molecule has 0 aliphatic rings. The van der Waals surface area contributed by atoms with Gasteiger partial charge in [0, 0.05) is 25.9 Å². The number of nitrogens with zero attached hydrogens (tertiary/aromatic N) is 1. The van der Waals surface area contributed by atoms with Gasteiger partial charge in [0.2, 0.25) is 0 Å². The molecule has 1 N–H and O–H groups in total. The van der Waals surface area contributed by atoms with E-state index in [1.807, 2.05) is 22.6 Å². The first-order valence-electron chi connectivity index (χ1n) is 5.59. The highest BCUT2D eigenvalue weighted by molar-refractivity contribution is 14.1. The third-order valence-corrected chi connectivity index (χ3v) is 4.76. The van der Waals surface area contributed by atoms with E-state index >= 15 is 0 Å². The maximum absolute atomic E-state index is 12.2. The largest absolute Gasteiger partial charge is 0.322 e. The lowest BCUT2D eigenvalue weighted by Gasteiger charge is -2.08. The SMILES string of the molecule is O=C(Nc1ccc(Br)c(Cl)c1)c1cc([N+](=O)[O-])ccc1I. The molecule has 8 heteroatoms. The average Bonchev–Trinajstić information content (AvgIpc) is 2.43. The minimum absolute atomic E-state index is 0.130. The Morgan fingerprint density at radius 3 is 2.62 bits per heavy atom. The van der Waals surface area contributed by atoms with E-state index in [2.05, 4.69) is 21.2 Å². The molecule has 0 unspecified atom stereocenters. The van der Waals surface area contributed by atoms with Gasteiger partial charge in [0.1, 0.15) is 0 Å². The molecular formula is C13H7BrClIN2O3. The Labute approximate surface area is 147 Å². The van der Waals surface area contributed by atoms with Crippen LogP contribution in [-0.2, 0) is 0 Å². The van der Waals surface area contributed by atoms with Crippen molar-refractivity contribution in [1.29, 1.82) is 0 Å². The number of hydrogen-bond donors (Lipinski definition) is 1. The maximum Gasteiger partial charge on any atom is 0.270 e. The van der Waals surface area contributed by atoms with Crippen LogP contribution in [-0.4, -0.2) is 10.8 Å². The molecule has 2 aromatic rings. The molecule has 1 amide bonds. The molecule has 2 aromatic carbocycles. The first-order valence-corrected chi connectivity index (χ1v) is 7.84. The molecule has 0 radical (unpaired) electrons. The molecule has 0 saturated carbocycles. The number of nitrogens with one attached hydrogen (secondary N) is 1. The van der Waals surface area contributed by atoms with Gasteiger partial charge >= 0.3 is 0 Å². The van der Waals surface area contributed by atoms with E-state index in [-0.39, 0.29) is 11.3 Å². The number of anilines is 1. The van der Waals surface area contributed by atoms with Gasteiger partial charge in [0.15, 0.2) is 0 Å². The zero-order valence-corrected chi connectivity index (χ0v) is 14.8. The Hall–Kier alpha value is -1.19. The number of non-ortho nitro benzene ring substituents is 1. The van der Waals surface area contributed by atoms with Crippen molar-refractivity contribution >= 4 is 67.4 Å². The molecule has 0 aliphatic heterocycles. The number of nitro groups is 1. The topological polar surface area (TPSA) is 72.2 Å². The van der Waals surface area contributed by atoms with Gasteiger partial charge in [-0.1, -0.05) is 11.6 Å². The van der Waals surface area contributed by atoms with Gasteiger partial charge < -0.3 is 5.32 Å². The van der Waals surface area contributed by atoms with Gasteiger partial charge in [-0.05, 0) is 62.8 Å². The highest BCUT2D eigenvalue weighted by atomic mass is 127. The molecule has 21 heavy (non-hydrogen) atoms. The summed E-state index contributed by atoms with van der Waals surface area (Å²) in [5.74, 6) is -0.429. The van der Waals surface area contributed by atoms with E-state index in [4.69, 9.17) is 11.6 Å². The zero-order chi connectivity index (χ0) is 15.6. The zero-order valence-electron chi connectivity index (χ0n) is 10.3. The van der Waals surface area contributed by atoms with E-state index in [1.54, 1.807) is 18.2 Å². The molecular weight excluding hydrogens is 474 g/mol. The van der Waals surface area contributed by atoms with Crippen molar-refractivity contribution in [2.24, 2.45) is 0 Å². The molecule has 0 atom stereocenters. The van der Waals surface area contributed by atoms with Gasteiger partial charge in [0.05, 0.1) is 15.5 Å². The molecule has 0 fully saturated rings. The van der Waals surface area contributed by atoms with Gasteiger partial charge in [0.25, 0.3) is 11.6 Å². The number of amides is 1. The lowest BCUT2D eigenvalue weighted by molar-refractivity contribution is -0.384. The van der Waals surface area contributed by atoms with Crippen LogP contribution in [0.4, 0.5) is 11.4 Å². The Morgan fingerprint density at radius 1 is 1.29 bits per heavy atom. The van der Waals surface area contributed by atoms with Crippen LogP contribution in [0, 0.1) is 13.7 Å². The van der Waals surface area contributed by atoms with E-state index < -0.39 is 10.8 Å². The first kappa shape index (κ1) is 16.2. The van der Waals surface area contributed by atoms with Crippen LogP contribution in [0.3, 0.4) is 0 Å². The standard InChI is InChI=1S/C13H7BrClIN2O3/c14-10-3-1-7(5-11(10)15)17-13(19)9-6-8(18(20)21)2-4-12(9)16/h1-6H,(H,17,19). The van der Waals surface area contributed by atoms with E-state index in [1.165, 1.54) is 18.2 Å². The Balaban J connectivity index is 2.29. The number of halogens is 3. The molecule has 5 nitrogen and oxygen atoms in total. The van der Waals surface area contributed by atoms with Crippen molar-refractivity contribution in [1.82, 2.24) is 0 Å². The molecule has 0 bridgehead atoms. The predicted octanol–water partition coefficient (Wildman–Crippen LogP) is 4.87. The van der Waals surface area contributed by atoms with Crippen molar-refractivity contribution in [2.45, 2.75) is 0 Å². The minimum Gasteiger partial charge on any atom is -0.322 e. The molecule has 0 aliphatic carbocycles. The number of benzene rings is 2. The van der Waals surface area contributed by atoms with Crippen molar-refractivity contribution in [2.75, 3.05) is 5.32 Å². The second-order valence-electron chi connectivity index (χ2n) is 4.00. The average molecular weight is 481 g/mol. The van der Waals surface area contributed by atoms with Gasteiger partial charge in [-0.15, -0.1) is 0 Å². The summed E-state index contributed by atoms with van der Waals surface area (Å²) < 4.78 is 1.34. The van der Waals surface area contributed by atoms with Crippen molar-refractivity contribution in [3.63, 3.8) is 0 Å². The quantitative estimate of drug-likeness (QED) is 0.386. The fraction of sp³-hybridized carbons (Fsp3) is 0. The van der Waals surface area contributed by atoms with Crippen molar-refractivity contribution < 1.29 is 9.72 Å². The summed E-state index contributed by atoms with van der Waals surface area (Å²) >= 11 is 11.2. The second kappa shape index (κ2) is 6.71. The third-order valence-electron chi connectivity index (χ3n) is 2.58.